The van der Waals surface area contributed by atoms with Crippen LogP contribution in [0.25, 0.3) is 0 Å². The van der Waals surface area contributed by atoms with E-state index in [1.54, 1.807) is 17.0 Å². The third kappa shape index (κ3) is 5.33. The number of rotatable bonds is 7. The Morgan fingerprint density at radius 3 is 2.90 bits per heavy atom. The van der Waals surface area contributed by atoms with Crippen LogP contribution in [0.5, 0.6) is 0 Å². The number of carbonyl (C=O) groups excluding carboxylic acids is 2. The van der Waals surface area contributed by atoms with E-state index in [4.69, 9.17) is 4.52 Å². The Kier molecular flexibility index (Phi) is 6.86. The van der Waals surface area contributed by atoms with Gasteiger partial charge in [0.05, 0.1) is 6.54 Å². The van der Waals surface area contributed by atoms with Crippen LogP contribution in [-0.2, 0) is 13.0 Å². The normalized spacial score (nSPS) is 13.7. The highest BCUT2D eigenvalue weighted by atomic mass is 32.2. The predicted molar refractivity (Wildman–Crippen MR) is 104 cm³/mol. The number of hydrogen-bond acceptors (Lipinski definition) is 6. The van der Waals surface area contributed by atoms with E-state index in [0.717, 1.165) is 0 Å². The molecule has 0 radical (unpaired) electrons. The fourth-order valence-electron chi connectivity index (χ4n) is 3.03. The van der Waals surface area contributed by atoms with Crippen molar-refractivity contribution in [1.82, 2.24) is 20.3 Å². The third-order valence-electron chi connectivity index (χ3n) is 4.48. The second kappa shape index (κ2) is 9.36. The molecule has 29 heavy (non-hydrogen) atoms. The summed E-state index contributed by atoms with van der Waals surface area (Å²) >= 11 is 0.397. The van der Waals surface area contributed by atoms with Crippen molar-refractivity contribution in [3.63, 3.8) is 0 Å². The number of fused-ring (bicyclic) bond motifs is 1. The summed E-state index contributed by atoms with van der Waals surface area (Å²) < 4.78 is 30.5. The lowest BCUT2D eigenvalue weighted by Gasteiger charge is -2.26. The lowest BCUT2D eigenvalue weighted by molar-refractivity contribution is 0.0726. The van der Waals surface area contributed by atoms with Crippen LogP contribution in [0.3, 0.4) is 0 Å². The molecule has 1 aliphatic rings. The number of halogens is 2. The Morgan fingerprint density at radius 2 is 2.17 bits per heavy atom. The average Bonchev–Trinajstić information content (AvgIpc) is 3.10. The highest BCUT2D eigenvalue weighted by Crippen LogP contribution is 2.27. The van der Waals surface area contributed by atoms with Crippen molar-refractivity contribution in [1.29, 1.82) is 0 Å². The molecular formula is C19H22F2N4O3S. The number of carbonyl (C=O) groups is 2. The number of benzene rings is 1. The molecule has 2 amide bonds. The highest BCUT2D eigenvalue weighted by molar-refractivity contribution is 7.99. The predicted octanol–water partition coefficient (Wildman–Crippen LogP) is 2.48. The topological polar surface area (TPSA) is 78.7 Å². The van der Waals surface area contributed by atoms with Crippen molar-refractivity contribution in [2.75, 3.05) is 33.7 Å². The maximum atomic E-state index is 12.9. The summed E-state index contributed by atoms with van der Waals surface area (Å²) in [6, 6.07) is 6.17. The molecule has 1 N–H and O–H groups in total. The van der Waals surface area contributed by atoms with Crippen LogP contribution < -0.4 is 5.32 Å². The summed E-state index contributed by atoms with van der Waals surface area (Å²) in [5.74, 6) is -2.59. The highest BCUT2D eigenvalue weighted by Gasteiger charge is 2.30. The van der Waals surface area contributed by atoms with Gasteiger partial charge in [-0.3, -0.25) is 9.59 Å². The number of nitrogens with one attached hydrogen (secondary N) is 1. The van der Waals surface area contributed by atoms with E-state index in [1.165, 1.54) is 12.1 Å². The van der Waals surface area contributed by atoms with Crippen LogP contribution in [0.1, 0.15) is 32.2 Å². The van der Waals surface area contributed by atoms with Gasteiger partial charge in [0.25, 0.3) is 17.6 Å². The van der Waals surface area contributed by atoms with Gasteiger partial charge >= 0.3 is 0 Å². The molecule has 2 aromatic rings. The van der Waals surface area contributed by atoms with Crippen molar-refractivity contribution in [3.05, 3.63) is 46.8 Å². The Morgan fingerprint density at radius 1 is 1.38 bits per heavy atom. The van der Waals surface area contributed by atoms with Crippen molar-refractivity contribution >= 4 is 23.6 Å². The van der Waals surface area contributed by atoms with Crippen LogP contribution in [0.4, 0.5) is 8.78 Å². The minimum Gasteiger partial charge on any atom is -0.360 e. The molecule has 156 valence electrons. The summed E-state index contributed by atoms with van der Waals surface area (Å²) in [7, 11) is 3.81. The van der Waals surface area contributed by atoms with Crippen molar-refractivity contribution in [3.8, 4) is 0 Å². The van der Waals surface area contributed by atoms with E-state index in [9.17, 15) is 18.4 Å². The minimum absolute atomic E-state index is 0.179. The molecule has 2 heterocycles. The van der Waals surface area contributed by atoms with Gasteiger partial charge in [0.1, 0.15) is 5.76 Å². The lowest BCUT2D eigenvalue weighted by atomic mass is 10.0. The first-order valence-corrected chi connectivity index (χ1v) is 9.97. The van der Waals surface area contributed by atoms with E-state index in [2.05, 4.69) is 10.5 Å². The number of alkyl halides is 2. The molecule has 1 aromatic heterocycles. The number of nitrogens with zero attached hydrogens (tertiary/aromatic N) is 3. The van der Waals surface area contributed by atoms with Crippen LogP contribution >= 0.6 is 11.8 Å². The third-order valence-corrected chi connectivity index (χ3v) is 5.18. The molecule has 0 saturated carbocycles. The zero-order valence-electron chi connectivity index (χ0n) is 16.2. The number of likely N-dealkylation sites (N-methyl/N-ethyl adjacent to an activating group) is 1. The molecule has 3 rings (SSSR count). The minimum atomic E-state index is -2.55. The van der Waals surface area contributed by atoms with Crippen LogP contribution in [0, 0.1) is 0 Å². The number of hydrogen-bond donors (Lipinski definition) is 1. The molecule has 1 aromatic carbocycles. The van der Waals surface area contributed by atoms with E-state index in [-0.39, 0.29) is 24.1 Å². The second-order valence-corrected chi connectivity index (χ2v) is 7.94. The zero-order valence-corrected chi connectivity index (χ0v) is 17.0. The molecule has 0 aliphatic carbocycles. The fraction of sp³-hybridized carbons (Fsp3) is 0.421. The molecule has 0 bridgehead atoms. The van der Waals surface area contributed by atoms with E-state index in [1.807, 2.05) is 19.0 Å². The van der Waals surface area contributed by atoms with Crippen molar-refractivity contribution < 1.29 is 22.9 Å². The van der Waals surface area contributed by atoms with E-state index >= 15 is 0 Å². The molecule has 0 fully saturated rings. The smallest absolute Gasteiger partial charge is 0.288 e. The van der Waals surface area contributed by atoms with Gasteiger partial charge in [0.15, 0.2) is 5.69 Å². The van der Waals surface area contributed by atoms with Gasteiger partial charge in [-0.2, -0.15) is 8.78 Å². The van der Waals surface area contributed by atoms with Gasteiger partial charge in [0.2, 0.25) is 0 Å². The summed E-state index contributed by atoms with van der Waals surface area (Å²) in [5, 5.41) is 6.67. The number of amides is 2. The van der Waals surface area contributed by atoms with Crippen molar-refractivity contribution in [2.45, 2.75) is 23.6 Å². The van der Waals surface area contributed by atoms with Gasteiger partial charge in [-0.05, 0) is 32.3 Å². The summed E-state index contributed by atoms with van der Waals surface area (Å²) in [6.45, 7) is 1.73. The lowest BCUT2D eigenvalue weighted by Crippen LogP contribution is -2.37. The van der Waals surface area contributed by atoms with Crippen molar-refractivity contribution in [2.24, 2.45) is 0 Å². The monoisotopic (exact) mass is 424 g/mol. The maximum Gasteiger partial charge on any atom is 0.288 e. The molecule has 0 unspecified atom stereocenters. The number of aromatic nitrogens is 1. The Balaban J connectivity index is 1.71. The van der Waals surface area contributed by atoms with E-state index in [0.29, 0.717) is 59.6 Å². The van der Waals surface area contributed by atoms with Crippen LogP contribution in [0.15, 0.2) is 33.7 Å². The standard InChI is InChI=1S/C19H22F2N4O3S/c1-24(2)9-7-22-17(26)16-14-11-25(8-6-15(14)28-23-16)18(27)12-4-3-5-13(10-12)29-19(20)21/h3-5,10,19H,6-9,11H2,1-2H3,(H,22,26). The molecular weight excluding hydrogens is 402 g/mol. The average molecular weight is 424 g/mol. The molecule has 0 saturated heterocycles. The SMILES string of the molecule is CN(C)CCNC(=O)c1noc2c1CN(C(=O)c1cccc(SC(F)F)c1)CC2. The van der Waals surface area contributed by atoms with Gasteiger partial charge in [-0.15, -0.1) is 0 Å². The quantitative estimate of drug-likeness (QED) is 0.688. The first-order valence-electron chi connectivity index (χ1n) is 9.09. The summed E-state index contributed by atoms with van der Waals surface area (Å²) in [5.41, 5.74) is 1.09. The number of thioether (sulfide) groups is 1. The van der Waals surface area contributed by atoms with Gasteiger partial charge < -0.3 is 19.6 Å². The van der Waals surface area contributed by atoms with Crippen LogP contribution in [0.2, 0.25) is 0 Å². The summed E-state index contributed by atoms with van der Waals surface area (Å²) in [6.07, 6.45) is 0.435. The molecule has 1 aliphatic heterocycles. The molecule has 10 heteroatoms. The van der Waals surface area contributed by atoms with Crippen LogP contribution in [-0.4, -0.2) is 66.3 Å². The summed E-state index contributed by atoms with van der Waals surface area (Å²) in [4.78, 5) is 29.1. The Labute approximate surface area is 171 Å². The fourth-order valence-corrected chi connectivity index (χ4v) is 3.58. The second-order valence-electron chi connectivity index (χ2n) is 6.88. The molecule has 0 spiro atoms. The maximum absolute atomic E-state index is 12.9. The zero-order chi connectivity index (χ0) is 21.0. The van der Waals surface area contributed by atoms with Gasteiger partial charge in [-0.1, -0.05) is 23.0 Å². The first kappa shape index (κ1) is 21.3. The first-order chi connectivity index (χ1) is 13.8. The molecule has 0 atom stereocenters. The Bertz CT molecular complexity index is 888. The Hall–Kier alpha value is -2.46. The molecule has 7 nitrogen and oxygen atoms in total. The van der Waals surface area contributed by atoms with Gasteiger partial charge in [0, 0.05) is 42.1 Å². The van der Waals surface area contributed by atoms with E-state index < -0.39 is 5.76 Å². The van der Waals surface area contributed by atoms with Gasteiger partial charge in [-0.25, -0.2) is 0 Å². The largest absolute Gasteiger partial charge is 0.360 e.